The summed E-state index contributed by atoms with van der Waals surface area (Å²) in [5.74, 6) is -0.0413. The maximum atomic E-state index is 12.6. The Morgan fingerprint density at radius 1 is 1.07 bits per heavy atom. The van der Waals surface area contributed by atoms with E-state index in [9.17, 15) is 4.79 Å². The van der Waals surface area contributed by atoms with Crippen LogP contribution in [0.25, 0.3) is 16.6 Å². The number of hydrogen-bond donors (Lipinski definition) is 2. The molecule has 2 N–H and O–H groups in total. The van der Waals surface area contributed by atoms with Gasteiger partial charge >= 0.3 is 0 Å². The Balaban J connectivity index is 1.54. The first-order valence-electron chi connectivity index (χ1n) is 9.01. The SMILES string of the molecule is Cc1cc2cc(NC(=O)Cc3c(C)nn(-c4ccccc4)c3C)ccc2[nH]1. The Labute approximate surface area is 158 Å². The zero-order chi connectivity index (χ0) is 19.0. The van der Waals surface area contributed by atoms with Gasteiger partial charge < -0.3 is 10.3 Å². The van der Waals surface area contributed by atoms with Crippen LogP contribution in [0.5, 0.6) is 0 Å². The Hall–Kier alpha value is -3.34. The van der Waals surface area contributed by atoms with Gasteiger partial charge in [0.25, 0.3) is 0 Å². The second kappa shape index (κ2) is 6.76. The second-order valence-corrected chi connectivity index (χ2v) is 6.88. The highest BCUT2D eigenvalue weighted by Gasteiger charge is 2.16. The van der Waals surface area contributed by atoms with E-state index >= 15 is 0 Å². The first-order valence-corrected chi connectivity index (χ1v) is 9.01. The molecule has 0 aliphatic rings. The number of benzene rings is 2. The molecule has 4 rings (SSSR count). The van der Waals surface area contributed by atoms with Gasteiger partial charge in [0.05, 0.1) is 17.8 Å². The molecule has 136 valence electrons. The molecule has 0 saturated heterocycles. The van der Waals surface area contributed by atoms with Crippen molar-refractivity contribution in [3.8, 4) is 5.69 Å². The molecule has 0 fully saturated rings. The number of carbonyl (C=O) groups is 1. The largest absolute Gasteiger partial charge is 0.359 e. The molecule has 27 heavy (non-hydrogen) atoms. The average molecular weight is 358 g/mol. The average Bonchev–Trinajstić information content (AvgIpc) is 3.15. The summed E-state index contributed by atoms with van der Waals surface area (Å²) < 4.78 is 1.90. The number of nitrogens with zero attached hydrogens (tertiary/aromatic N) is 2. The van der Waals surface area contributed by atoms with Crippen molar-refractivity contribution < 1.29 is 4.79 Å². The monoisotopic (exact) mass is 358 g/mol. The van der Waals surface area contributed by atoms with E-state index in [0.29, 0.717) is 6.42 Å². The van der Waals surface area contributed by atoms with Crippen LogP contribution in [0.2, 0.25) is 0 Å². The molecule has 2 aromatic carbocycles. The van der Waals surface area contributed by atoms with Gasteiger partial charge in [-0.25, -0.2) is 4.68 Å². The third kappa shape index (κ3) is 3.36. The fourth-order valence-electron chi connectivity index (χ4n) is 3.47. The van der Waals surface area contributed by atoms with Crippen molar-refractivity contribution in [3.63, 3.8) is 0 Å². The number of amides is 1. The lowest BCUT2D eigenvalue weighted by Gasteiger charge is -2.07. The number of aryl methyl sites for hydroxylation is 2. The van der Waals surface area contributed by atoms with Crippen LogP contribution in [0.15, 0.2) is 54.6 Å². The number of nitrogens with one attached hydrogen (secondary N) is 2. The molecule has 0 aliphatic heterocycles. The van der Waals surface area contributed by atoms with E-state index in [1.165, 1.54) is 0 Å². The predicted molar refractivity (Wildman–Crippen MR) is 108 cm³/mol. The summed E-state index contributed by atoms with van der Waals surface area (Å²) in [5.41, 5.74) is 6.81. The summed E-state index contributed by atoms with van der Waals surface area (Å²) in [5, 5.41) is 8.71. The lowest BCUT2D eigenvalue weighted by molar-refractivity contribution is -0.115. The Bertz CT molecular complexity index is 1120. The van der Waals surface area contributed by atoms with Crippen LogP contribution in [0.1, 0.15) is 22.6 Å². The molecular formula is C22H22N4O. The van der Waals surface area contributed by atoms with Crippen molar-refractivity contribution in [2.45, 2.75) is 27.2 Å². The van der Waals surface area contributed by atoms with E-state index in [-0.39, 0.29) is 5.91 Å². The molecule has 0 saturated carbocycles. The lowest BCUT2D eigenvalue weighted by Crippen LogP contribution is -2.15. The summed E-state index contributed by atoms with van der Waals surface area (Å²) in [6.45, 7) is 5.97. The van der Waals surface area contributed by atoms with E-state index in [1.54, 1.807) is 0 Å². The van der Waals surface area contributed by atoms with Gasteiger partial charge in [0.15, 0.2) is 0 Å². The van der Waals surface area contributed by atoms with Gasteiger partial charge in [-0.15, -0.1) is 0 Å². The fraction of sp³-hybridized carbons (Fsp3) is 0.182. The van der Waals surface area contributed by atoms with E-state index in [0.717, 1.165) is 44.9 Å². The van der Waals surface area contributed by atoms with Gasteiger partial charge in [0, 0.05) is 33.5 Å². The number of fused-ring (bicyclic) bond motifs is 1. The standard InChI is InChI=1S/C22H22N4O/c1-14-11-17-12-18(9-10-21(17)23-14)24-22(27)13-20-15(2)25-26(16(20)3)19-7-5-4-6-8-19/h4-12,23H,13H2,1-3H3,(H,24,27). The summed E-state index contributed by atoms with van der Waals surface area (Å²) >= 11 is 0. The zero-order valence-corrected chi connectivity index (χ0v) is 15.7. The maximum Gasteiger partial charge on any atom is 0.228 e. The molecule has 0 spiro atoms. The van der Waals surface area contributed by atoms with Crippen molar-refractivity contribution in [2.24, 2.45) is 0 Å². The van der Waals surface area contributed by atoms with Crippen molar-refractivity contribution in [3.05, 3.63) is 77.2 Å². The predicted octanol–water partition coefficient (Wildman–Crippen LogP) is 4.46. The molecule has 0 unspecified atom stereocenters. The van der Waals surface area contributed by atoms with Crippen LogP contribution in [-0.4, -0.2) is 20.7 Å². The topological polar surface area (TPSA) is 62.7 Å². The van der Waals surface area contributed by atoms with Gasteiger partial charge in [0.2, 0.25) is 5.91 Å². The second-order valence-electron chi connectivity index (χ2n) is 6.88. The van der Waals surface area contributed by atoms with E-state index < -0.39 is 0 Å². The summed E-state index contributed by atoms with van der Waals surface area (Å²) in [7, 11) is 0. The van der Waals surface area contributed by atoms with Crippen molar-refractivity contribution in [2.75, 3.05) is 5.32 Å². The normalized spacial score (nSPS) is 11.1. The quantitative estimate of drug-likeness (QED) is 0.566. The minimum absolute atomic E-state index is 0.0413. The Morgan fingerprint density at radius 3 is 2.63 bits per heavy atom. The number of rotatable bonds is 4. The maximum absolute atomic E-state index is 12.6. The fourth-order valence-corrected chi connectivity index (χ4v) is 3.47. The van der Waals surface area contributed by atoms with Crippen LogP contribution < -0.4 is 5.32 Å². The molecule has 0 aliphatic carbocycles. The number of aromatic amines is 1. The van der Waals surface area contributed by atoms with Crippen LogP contribution in [0.4, 0.5) is 5.69 Å². The third-order valence-electron chi connectivity index (χ3n) is 4.82. The highest BCUT2D eigenvalue weighted by Crippen LogP contribution is 2.21. The van der Waals surface area contributed by atoms with E-state index in [2.05, 4.69) is 21.5 Å². The molecule has 0 atom stereocenters. The van der Waals surface area contributed by atoms with E-state index in [4.69, 9.17) is 0 Å². The highest BCUT2D eigenvalue weighted by atomic mass is 16.1. The first kappa shape index (κ1) is 17.1. The molecule has 0 bridgehead atoms. The molecule has 0 radical (unpaired) electrons. The van der Waals surface area contributed by atoms with Crippen molar-refractivity contribution >= 4 is 22.5 Å². The number of hydrogen-bond acceptors (Lipinski definition) is 2. The number of carbonyl (C=O) groups excluding carboxylic acids is 1. The van der Waals surface area contributed by atoms with Gasteiger partial charge in [-0.3, -0.25) is 4.79 Å². The molecule has 2 heterocycles. The molecular weight excluding hydrogens is 336 g/mol. The minimum atomic E-state index is -0.0413. The third-order valence-corrected chi connectivity index (χ3v) is 4.82. The minimum Gasteiger partial charge on any atom is -0.359 e. The van der Waals surface area contributed by atoms with Crippen LogP contribution in [0, 0.1) is 20.8 Å². The lowest BCUT2D eigenvalue weighted by atomic mass is 10.1. The smallest absolute Gasteiger partial charge is 0.228 e. The van der Waals surface area contributed by atoms with E-state index in [1.807, 2.05) is 74.0 Å². The van der Waals surface area contributed by atoms with Gasteiger partial charge in [-0.1, -0.05) is 18.2 Å². The molecule has 1 amide bonds. The molecule has 5 nitrogen and oxygen atoms in total. The number of anilines is 1. The van der Waals surface area contributed by atoms with Crippen LogP contribution >= 0.6 is 0 Å². The summed E-state index contributed by atoms with van der Waals surface area (Å²) in [6, 6.07) is 17.9. The summed E-state index contributed by atoms with van der Waals surface area (Å²) in [6.07, 6.45) is 0.300. The van der Waals surface area contributed by atoms with Gasteiger partial charge in [0.1, 0.15) is 0 Å². The van der Waals surface area contributed by atoms with Gasteiger partial charge in [-0.2, -0.15) is 5.10 Å². The molecule has 5 heteroatoms. The number of para-hydroxylation sites is 1. The van der Waals surface area contributed by atoms with Gasteiger partial charge in [-0.05, 0) is 57.2 Å². The van der Waals surface area contributed by atoms with Crippen molar-refractivity contribution in [1.82, 2.24) is 14.8 Å². The van der Waals surface area contributed by atoms with Crippen molar-refractivity contribution in [1.29, 1.82) is 0 Å². The summed E-state index contributed by atoms with van der Waals surface area (Å²) in [4.78, 5) is 15.9. The highest BCUT2D eigenvalue weighted by molar-refractivity contribution is 5.95. The first-order chi connectivity index (χ1) is 13.0. The Morgan fingerprint density at radius 2 is 1.85 bits per heavy atom. The van der Waals surface area contributed by atoms with Crippen LogP contribution in [-0.2, 0) is 11.2 Å². The number of aromatic nitrogens is 3. The number of H-pyrrole nitrogens is 1. The van der Waals surface area contributed by atoms with Crippen LogP contribution in [0.3, 0.4) is 0 Å². The molecule has 2 aromatic heterocycles. The zero-order valence-electron chi connectivity index (χ0n) is 15.7. The molecule has 4 aromatic rings. The Kier molecular flexibility index (Phi) is 4.28.